The molecular formula is C16H16ClN3S. The number of fused-ring (bicyclic) bond motifs is 1. The van der Waals surface area contributed by atoms with E-state index in [1.54, 1.807) is 11.3 Å². The minimum absolute atomic E-state index is 0.275. The van der Waals surface area contributed by atoms with Gasteiger partial charge in [-0.05, 0) is 62.1 Å². The molecule has 108 valence electrons. The molecule has 0 unspecified atom stereocenters. The number of hydrogen-bond acceptors (Lipinski definition) is 4. The van der Waals surface area contributed by atoms with Gasteiger partial charge in [0.1, 0.15) is 10.6 Å². The number of rotatable bonds is 2. The first kappa shape index (κ1) is 14.3. The van der Waals surface area contributed by atoms with Crippen LogP contribution in [0.4, 0.5) is 11.5 Å². The predicted octanol–water partition coefficient (Wildman–Crippen LogP) is 5.32. The number of anilines is 2. The molecule has 0 aliphatic rings. The summed E-state index contributed by atoms with van der Waals surface area (Å²) in [6.45, 7) is 8.39. The molecule has 0 spiro atoms. The van der Waals surface area contributed by atoms with Crippen molar-refractivity contribution in [3.05, 3.63) is 45.1 Å². The third-order valence-corrected chi connectivity index (χ3v) is 5.13. The molecule has 0 saturated carbocycles. The molecule has 0 fully saturated rings. The molecule has 3 nitrogen and oxygen atoms in total. The molecule has 3 aromatic rings. The van der Waals surface area contributed by atoms with Gasteiger partial charge in [0.05, 0.1) is 5.39 Å². The van der Waals surface area contributed by atoms with Crippen LogP contribution in [0.5, 0.6) is 0 Å². The van der Waals surface area contributed by atoms with Crippen LogP contribution in [0, 0.1) is 27.7 Å². The Morgan fingerprint density at radius 1 is 1.05 bits per heavy atom. The molecule has 0 saturated heterocycles. The lowest BCUT2D eigenvalue weighted by molar-refractivity contribution is 1.22. The summed E-state index contributed by atoms with van der Waals surface area (Å²) >= 11 is 7.72. The van der Waals surface area contributed by atoms with Crippen LogP contribution in [0.1, 0.15) is 21.6 Å². The number of aromatic nitrogens is 2. The molecule has 0 bridgehead atoms. The van der Waals surface area contributed by atoms with Crippen molar-refractivity contribution in [1.82, 2.24) is 9.97 Å². The van der Waals surface area contributed by atoms with Crippen LogP contribution < -0.4 is 5.32 Å². The third kappa shape index (κ3) is 2.49. The first-order valence-electron chi connectivity index (χ1n) is 6.74. The minimum atomic E-state index is 0.275. The van der Waals surface area contributed by atoms with Crippen LogP contribution in [0.25, 0.3) is 10.2 Å². The van der Waals surface area contributed by atoms with E-state index in [-0.39, 0.29) is 5.28 Å². The van der Waals surface area contributed by atoms with Crippen molar-refractivity contribution in [1.29, 1.82) is 0 Å². The highest BCUT2D eigenvalue weighted by Crippen LogP contribution is 2.35. The van der Waals surface area contributed by atoms with Crippen molar-refractivity contribution in [2.45, 2.75) is 27.7 Å². The van der Waals surface area contributed by atoms with Gasteiger partial charge in [-0.25, -0.2) is 4.98 Å². The Kier molecular flexibility index (Phi) is 3.59. The number of benzene rings is 1. The van der Waals surface area contributed by atoms with E-state index < -0.39 is 0 Å². The molecule has 0 amide bonds. The van der Waals surface area contributed by atoms with Crippen LogP contribution in [0.15, 0.2) is 18.2 Å². The van der Waals surface area contributed by atoms with E-state index in [2.05, 4.69) is 55.1 Å². The normalized spacial score (nSPS) is 11.1. The van der Waals surface area contributed by atoms with E-state index in [1.807, 2.05) is 6.07 Å². The predicted molar refractivity (Wildman–Crippen MR) is 91.1 cm³/mol. The van der Waals surface area contributed by atoms with Crippen LogP contribution in [-0.4, -0.2) is 9.97 Å². The second kappa shape index (κ2) is 5.28. The standard InChI is InChI=1S/C16H16ClN3S/c1-8-6-5-7-12(9(8)2)18-14-13-10(3)11(4)21-15(13)20-16(17)19-14/h5-7H,1-4H3,(H,18,19,20). The Hall–Kier alpha value is -1.65. The molecule has 0 aliphatic carbocycles. The Morgan fingerprint density at radius 2 is 1.81 bits per heavy atom. The minimum Gasteiger partial charge on any atom is -0.339 e. The van der Waals surface area contributed by atoms with Gasteiger partial charge < -0.3 is 5.32 Å². The molecule has 2 heterocycles. The molecule has 2 aromatic heterocycles. The maximum atomic E-state index is 6.07. The van der Waals surface area contributed by atoms with Gasteiger partial charge in [-0.15, -0.1) is 11.3 Å². The summed E-state index contributed by atoms with van der Waals surface area (Å²) in [5.41, 5.74) is 4.72. The van der Waals surface area contributed by atoms with E-state index in [0.29, 0.717) is 0 Å². The average molecular weight is 318 g/mol. The monoisotopic (exact) mass is 317 g/mol. The molecule has 3 rings (SSSR count). The summed E-state index contributed by atoms with van der Waals surface area (Å²) in [4.78, 5) is 10.9. The third-order valence-electron chi connectivity index (χ3n) is 3.86. The number of nitrogens with zero attached hydrogens (tertiary/aromatic N) is 2. The highest BCUT2D eigenvalue weighted by molar-refractivity contribution is 7.18. The Balaban J connectivity index is 2.18. The zero-order chi connectivity index (χ0) is 15.1. The quantitative estimate of drug-likeness (QED) is 0.650. The van der Waals surface area contributed by atoms with Gasteiger partial charge in [0.15, 0.2) is 0 Å². The SMILES string of the molecule is Cc1cccc(Nc2nc(Cl)nc3sc(C)c(C)c23)c1C. The van der Waals surface area contributed by atoms with Gasteiger partial charge in [-0.3, -0.25) is 0 Å². The molecule has 0 radical (unpaired) electrons. The maximum Gasteiger partial charge on any atom is 0.225 e. The Bertz CT molecular complexity index is 839. The fourth-order valence-electron chi connectivity index (χ4n) is 2.33. The fourth-order valence-corrected chi connectivity index (χ4v) is 3.58. The lowest BCUT2D eigenvalue weighted by atomic mass is 10.1. The number of aryl methyl sites for hydroxylation is 3. The summed E-state index contributed by atoms with van der Waals surface area (Å²) < 4.78 is 0. The highest BCUT2D eigenvalue weighted by Gasteiger charge is 2.14. The van der Waals surface area contributed by atoms with Crippen molar-refractivity contribution < 1.29 is 0 Å². The number of hydrogen-bond donors (Lipinski definition) is 1. The summed E-state index contributed by atoms with van der Waals surface area (Å²) in [6.07, 6.45) is 0. The molecule has 0 aliphatic heterocycles. The van der Waals surface area contributed by atoms with Crippen molar-refractivity contribution in [3.63, 3.8) is 0 Å². The fraction of sp³-hybridized carbons (Fsp3) is 0.250. The molecule has 1 aromatic carbocycles. The lowest BCUT2D eigenvalue weighted by Gasteiger charge is -2.12. The van der Waals surface area contributed by atoms with Crippen LogP contribution in [-0.2, 0) is 0 Å². The van der Waals surface area contributed by atoms with E-state index in [9.17, 15) is 0 Å². The highest BCUT2D eigenvalue weighted by atomic mass is 35.5. The van der Waals surface area contributed by atoms with Gasteiger partial charge in [-0.2, -0.15) is 4.98 Å². The van der Waals surface area contributed by atoms with Crippen molar-refractivity contribution >= 4 is 44.7 Å². The van der Waals surface area contributed by atoms with Crippen LogP contribution in [0.3, 0.4) is 0 Å². The van der Waals surface area contributed by atoms with Crippen LogP contribution >= 0.6 is 22.9 Å². The summed E-state index contributed by atoms with van der Waals surface area (Å²) in [5, 5.41) is 4.75. The maximum absolute atomic E-state index is 6.07. The van der Waals surface area contributed by atoms with E-state index in [1.165, 1.54) is 21.6 Å². The molecule has 0 atom stereocenters. The molecule has 5 heteroatoms. The number of nitrogens with one attached hydrogen (secondary N) is 1. The first-order chi connectivity index (χ1) is 9.97. The summed E-state index contributed by atoms with van der Waals surface area (Å²) in [6, 6.07) is 6.19. The summed E-state index contributed by atoms with van der Waals surface area (Å²) in [5.74, 6) is 0.778. The zero-order valence-electron chi connectivity index (χ0n) is 12.4. The van der Waals surface area contributed by atoms with E-state index >= 15 is 0 Å². The Morgan fingerprint density at radius 3 is 2.57 bits per heavy atom. The van der Waals surface area contributed by atoms with Gasteiger partial charge in [0, 0.05) is 10.6 Å². The second-order valence-corrected chi connectivity index (χ2v) is 6.72. The molecular weight excluding hydrogens is 302 g/mol. The van der Waals surface area contributed by atoms with Crippen molar-refractivity contribution in [3.8, 4) is 0 Å². The average Bonchev–Trinajstić information content (AvgIpc) is 2.70. The van der Waals surface area contributed by atoms with Gasteiger partial charge in [-0.1, -0.05) is 12.1 Å². The van der Waals surface area contributed by atoms with Gasteiger partial charge in [0.2, 0.25) is 5.28 Å². The molecule has 21 heavy (non-hydrogen) atoms. The van der Waals surface area contributed by atoms with Crippen molar-refractivity contribution in [2.75, 3.05) is 5.32 Å². The van der Waals surface area contributed by atoms with Crippen LogP contribution in [0.2, 0.25) is 5.28 Å². The zero-order valence-corrected chi connectivity index (χ0v) is 14.0. The second-order valence-electron chi connectivity index (χ2n) is 5.18. The smallest absolute Gasteiger partial charge is 0.225 e. The van der Waals surface area contributed by atoms with E-state index in [0.717, 1.165) is 21.7 Å². The molecule has 1 N–H and O–H groups in total. The van der Waals surface area contributed by atoms with E-state index in [4.69, 9.17) is 11.6 Å². The number of thiophene rings is 1. The summed E-state index contributed by atoms with van der Waals surface area (Å²) in [7, 11) is 0. The lowest BCUT2D eigenvalue weighted by Crippen LogP contribution is -1.99. The number of halogens is 1. The first-order valence-corrected chi connectivity index (χ1v) is 7.93. The van der Waals surface area contributed by atoms with Gasteiger partial charge in [0.25, 0.3) is 0 Å². The van der Waals surface area contributed by atoms with Crippen molar-refractivity contribution in [2.24, 2.45) is 0 Å². The topological polar surface area (TPSA) is 37.8 Å². The Labute approximate surface area is 133 Å². The largest absolute Gasteiger partial charge is 0.339 e. The van der Waals surface area contributed by atoms with Gasteiger partial charge >= 0.3 is 0 Å².